The Balaban J connectivity index is 1.96. The molecule has 0 saturated heterocycles. The molecular weight excluding hydrogens is 282 g/mol. The lowest BCUT2D eigenvalue weighted by molar-refractivity contribution is -0.147. The average molecular weight is 303 g/mol. The number of aryl methyl sites for hydroxylation is 1. The van der Waals surface area contributed by atoms with Crippen LogP contribution in [0.4, 0.5) is 0 Å². The molecule has 0 fully saturated rings. The Morgan fingerprint density at radius 1 is 1.32 bits per heavy atom. The van der Waals surface area contributed by atoms with Crippen molar-refractivity contribution in [2.75, 3.05) is 6.54 Å². The second-order valence-electron chi connectivity index (χ2n) is 6.05. The standard InChI is InChI=1S/C16H21N3O3/c1-16(2,15(21)22)8-9-17-14(20)10-12-11-6-4-5-7-13(11)19(3)18-12/h4-7H,8-10H2,1-3H3,(H,17,20)(H,21,22). The van der Waals surface area contributed by atoms with E-state index in [9.17, 15) is 9.59 Å². The molecule has 6 heteroatoms. The summed E-state index contributed by atoms with van der Waals surface area (Å²) in [7, 11) is 1.85. The molecule has 1 aromatic carbocycles. The number of para-hydroxylation sites is 1. The maximum absolute atomic E-state index is 12.0. The lowest BCUT2D eigenvalue weighted by Crippen LogP contribution is -2.32. The van der Waals surface area contributed by atoms with E-state index >= 15 is 0 Å². The number of carbonyl (C=O) groups excluding carboxylic acids is 1. The van der Waals surface area contributed by atoms with Crippen LogP contribution in [0.3, 0.4) is 0 Å². The molecule has 0 aliphatic heterocycles. The van der Waals surface area contributed by atoms with Gasteiger partial charge in [0.15, 0.2) is 0 Å². The monoisotopic (exact) mass is 303 g/mol. The van der Waals surface area contributed by atoms with Crippen LogP contribution in [0.5, 0.6) is 0 Å². The summed E-state index contributed by atoms with van der Waals surface area (Å²) in [6, 6.07) is 7.75. The quantitative estimate of drug-likeness (QED) is 0.851. The Kier molecular flexibility index (Phi) is 4.49. The zero-order valence-corrected chi connectivity index (χ0v) is 13.1. The Morgan fingerprint density at radius 2 is 2.00 bits per heavy atom. The van der Waals surface area contributed by atoms with Gasteiger partial charge in [-0.25, -0.2) is 0 Å². The molecule has 0 saturated carbocycles. The zero-order chi connectivity index (χ0) is 16.3. The van der Waals surface area contributed by atoms with Gasteiger partial charge in [-0.1, -0.05) is 18.2 Å². The van der Waals surface area contributed by atoms with E-state index < -0.39 is 11.4 Å². The molecule has 0 aliphatic rings. The molecule has 2 N–H and O–H groups in total. The first-order valence-corrected chi connectivity index (χ1v) is 7.22. The van der Waals surface area contributed by atoms with Gasteiger partial charge in [-0.2, -0.15) is 5.10 Å². The van der Waals surface area contributed by atoms with Gasteiger partial charge >= 0.3 is 5.97 Å². The van der Waals surface area contributed by atoms with Crippen LogP contribution in [-0.4, -0.2) is 33.3 Å². The molecule has 0 bridgehead atoms. The molecule has 0 aliphatic carbocycles. The second-order valence-corrected chi connectivity index (χ2v) is 6.05. The van der Waals surface area contributed by atoms with E-state index in [1.165, 1.54) is 0 Å². The number of hydrogen-bond donors (Lipinski definition) is 2. The van der Waals surface area contributed by atoms with Crippen LogP contribution in [0.15, 0.2) is 24.3 Å². The highest BCUT2D eigenvalue weighted by atomic mass is 16.4. The van der Waals surface area contributed by atoms with Crippen molar-refractivity contribution in [1.82, 2.24) is 15.1 Å². The summed E-state index contributed by atoms with van der Waals surface area (Å²) in [6.07, 6.45) is 0.575. The van der Waals surface area contributed by atoms with Crippen molar-refractivity contribution in [3.63, 3.8) is 0 Å². The van der Waals surface area contributed by atoms with Gasteiger partial charge in [-0.3, -0.25) is 14.3 Å². The summed E-state index contributed by atoms with van der Waals surface area (Å²) >= 11 is 0. The van der Waals surface area contributed by atoms with Gasteiger partial charge in [0.1, 0.15) is 0 Å². The fourth-order valence-corrected chi connectivity index (χ4v) is 2.26. The summed E-state index contributed by atoms with van der Waals surface area (Å²) in [4.78, 5) is 23.0. The molecule has 1 amide bonds. The molecular formula is C16H21N3O3. The number of rotatable bonds is 6. The third-order valence-corrected chi connectivity index (χ3v) is 3.81. The van der Waals surface area contributed by atoms with Crippen LogP contribution in [0, 0.1) is 5.41 Å². The second kappa shape index (κ2) is 6.17. The Hall–Kier alpha value is -2.37. The minimum absolute atomic E-state index is 0.148. The van der Waals surface area contributed by atoms with Crippen molar-refractivity contribution in [2.24, 2.45) is 12.5 Å². The largest absolute Gasteiger partial charge is 0.481 e. The Morgan fingerprint density at radius 3 is 2.68 bits per heavy atom. The van der Waals surface area contributed by atoms with Crippen LogP contribution in [-0.2, 0) is 23.1 Å². The maximum Gasteiger partial charge on any atom is 0.309 e. The zero-order valence-electron chi connectivity index (χ0n) is 13.1. The molecule has 6 nitrogen and oxygen atoms in total. The van der Waals surface area contributed by atoms with Crippen molar-refractivity contribution in [3.05, 3.63) is 30.0 Å². The Bertz CT molecular complexity index is 704. The first kappa shape index (κ1) is 16.0. The minimum Gasteiger partial charge on any atom is -0.481 e. The van der Waals surface area contributed by atoms with E-state index in [1.54, 1.807) is 18.5 Å². The van der Waals surface area contributed by atoms with E-state index in [0.717, 1.165) is 16.6 Å². The van der Waals surface area contributed by atoms with Crippen LogP contribution < -0.4 is 5.32 Å². The highest BCUT2D eigenvalue weighted by Crippen LogP contribution is 2.20. The van der Waals surface area contributed by atoms with Gasteiger partial charge in [0.05, 0.1) is 23.0 Å². The van der Waals surface area contributed by atoms with Crippen molar-refractivity contribution in [1.29, 1.82) is 0 Å². The number of nitrogens with one attached hydrogen (secondary N) is 1. The molecule has 0 unspecified atom stereocenters. The predicted octanol–water partition coefficient (Wildman–Crippen LogP) is 1.73. The number of hydrogen-bond acceptors (Lipinski definition) is 3. The molecule has 1 aromatic heterocycles. The number of aliphatic carboxylic acids is 1. The molecule has 1 heterocycles. The van der Waals surface area contributed by atoms with Crippen LogP contribution in [0.25, 0.3) is 10.9 Å². The SMILES string of the molecule is Cn1nc(CC(=O)NCCC(C)(C)C(=O)O)c2ccccc21. The number of carboxylic acids is 1. The highest BCUT2D eigenvalue weighted by molar-refractivity contribution is 5.87. The molecule has 0 radical (unpaired) electrons. The van der Waals surface area contributed by atoms with Gasteiger partial charge in [-0.05, 0) is 26.3 Å². The van der Waals surface area contributed by atoms with E-state index in [4.69, 9.17) is 5.11 Å². The number of aromatic nitrogens is 2. The first-order valence-electron chi connectivity index (χ1n) is 7.22. The molecule has 2 rings (SSSR count). The minimum atomic E-state index is -0.863. The average Bonchev–Trinajstić information content (AvgIpc) is 2.75. The number of carbonyl (C=O) groups is 2. The number of carboxylic acid groups (broad SMARTS) is 1. The summed E-state index contributed by atoms with van der Waals surface area (Å²) in [6.45, 7) is 3.63. The third-order valence-electron chi connectivity index (χ3n) is 3.81. The maximum atomic E-state index is 12.0. The third kappa shape index (κ3) is 3.44. The molecule has 118 valence electrons. The van der Waals surface area contributed by atoms with Crippen molar-refractivity contribution in [3.8, 4) is 0 Å². The van der Waals surface area contributed by atoms with Crippen molar-refractivity contribution >= 4 is 22.8 Å². The van der Waals surface area contributed by atoms with Crippen LogP contribution >= 0.6 is 0 Å². The van der Waals surface area contributed by atoms with E-state index in [2.05, 4.69) is 10.4 Å². The van der Waals surface area contributed by atoms with Crippen molar-refractivity contribution in [2.45, 2.75) is 26.7 Å². The fourth-order valence-electron chi connectivity index (χ4n) is 2.26. The predicted molar refractivity (Wildman–Crippen MR) is 83.5 cm³/mol. The topological polar surface area (TPSA) is 84.2 Å². The van der Waals surface area contributed by atoms with Gasteiger partial charge in [0, 0.05) is 19.0 Å². The molecule has 0 atom stereocenters. The molecule has 0 spiro atoms. The van der Waals surface area contributed by atoms with Gasteiger partial charge < -0.3 is 10.4 Å². The summed E-state index contributed by atoms with van der Waals surface area (Å²) in [5.41, 5.74) is 0.871. The normalized spacial score (nSPS) is 11.6. The number of fused-ring (bicyclic) bond motifs is 1. The van der Waals surface area contributed by atoms with E-state index in [0.29, 0.717) is 13.0 Å². The smallest absolute Gasteiger partial charge is 0.309 e. The lowest BCUT2D eigenvalue weighted by atomic mass is 9.90. The van der Waals surface area contributed by atoms with Gasteiger partial charge in [0.2, 0.25) is 5.91 Å². The lowest BCUT2D eigenvalue weighted by Gasteiger charge is -2.18. The number of amides is 1. The van der Waals surface area contributed by atoms with Crippen LogP contribution in [0.2, 0.25) is 0 Å². The molecule has 22 heavy (non-hydrogen) atoms. The van der Waals surface area contributed by atoms with Gasteiger partial charge in [-0.15, -0.1) is 0 Å². The van der Waals surface area contributed by atoms with Crippen molar-refractivity contribution < 1.29 is 14.7 Å². The number of benzene rings is 1. The number of nitrogens with zero attached hydrogens (tertiary/aromatic N) is 2. The fraction of sp³-hybridized carbons (Fsp3) is 0.438. The Labute approximate surface area is 129 Å². The first-order chi connectivity index (χ1) is 10.3. The van der Waals surface area contributed by atoms with Crippen LogP contribution in [0.1, 0.15) is 26.0 Å². The highest BCUT2D eigenvalue weighted by Gasteiger charge is 2.26. The van der Waals surface area contributed by atoms with E-state index in [1.807, 2.05) is 31.3 Å². The molecule has 2 aromatic rings. The summed E-state index contributed by atoms with van der Waals surface area (Å²) in [5.74, 6) is -1.01. The summed E-state index contributed by atoms with van der Waals surface area (Å²) < 4.78 is 1.76. The van der Waals surface area contributed by atoms with Gasteiger partial charge in [0.25, 0.3) is 0 Å². The van der Waals surface area contributed by atoms with E-state index in [-0.39, 0.29) is 12.3 Å². The summed E-state index contributed by atoms with van der Waals surface area (Å²) in [5, 5.41) is 17.1.